The van der Waals surface area contributed by atoms with Gasteiger partial charge in [-0.15, -0.1) is 11.3 Å². The molecule has 0 aliphatic carbocycles. The number of nitrogens with one attached hydrogen (secondary N) is 2. The number of halogens is 2. The standard InChI is InChI=1S/C16H14ClFN2O2S/c1-10(7-12-3-2-6-23-12)16(22)19-9-15(21)20-11-4-5-14(18)13(17)8-11/h2-8H,9H2,1H3,(H,19,22)(H,20,21)/b10-7+. The minimum Gasteiger partial charge on any atom is -0.343 e. The van der Waals surface area contributed by atoms with Gasteiger partial charge in [0, 0.05) is 16.1 Å². The summed E-state index contributed by atoms with van der Waals surface area (Å²) >= 11 is 7.15. The molecule has 2 aromatic rings. The minimum absolute atomic E-state index is 0.0819. The molecule has 1 aromatic carbocycles. The number of anilines is 1. The molecular weight excluding hydrogens is 339 g/mol. The number of carbonyl (C=O) groups excluding carboxylic acids is 2. The van der Waals surface area contributed by atoms with Crippen LogP contribution in [0.4, 0.5) is 10.1 Å². The fourth-order valence-corrected chi connectivity index (χ4v) is 2.63. The van der Waals surface area contributed by atoms with Crippen molar-refractivity contribution in [2.24, 2.45) is 0 Å². The van der Waals surface area contributed by atoms with E-state index in [0.717, 1.165) is 10.9 Å². The third kappa shape index (κ3) is 5.19. The lowest BCUT2D eigenvalue weighted by molar-refractivity contribution is -0.121. The van der Waals surface area contributed by atoms with Crippen molar-refractivity contribution in [3.8, 4) is 0 Å². The summed E-state index contributed by atoms with van der Waals surface area (Å²) in [5, 5.41) is 6.88. The van der Waals surface area contributed by atoms with Crippen LogP contribution in [0.1, 0.15) is 11.8 Å². The van der Waals surface area contributed by atoms with E-state index in [1.165, 1.54) is 23.5 Å². The number of hydrogen-bond acceptors (Lipinski definition) is 3. The highest BCUT2D eigenvalue weighted by Crippen LogP contribution is 2.19. The average Bonchev–Trinajstić information content (AvgIpc) is 3.01. The van der Waals surface area contributed by atoms with Gasteiger partial charge in [0.15, 0.2) is 0 Å². The molecule has 1 aromatic heterocycles. The van der Waals surface area contributed by atoms with Gasteiger partial charge in [-0.25, -0.2) is 4.39 Å². The number of benzene rings is 1. The van der Waals surface area contributed by atoms with Gasteiger partial charge >= 0.3 is 0 Å². The molecule has 2 amide bonds. The fourth-order valence-electron chi connectivity index (χ4n) is 1.73. The highest BCUT2D eigenvalue weighted by molar-refractivity contribution is 7.10. The fraction of sp³-hybridized carbons (Fsp3) is 0.125. The van der Waals surface area contributed by atoms with E-state index in [-0.39, 0.29) is 17.5 Å². The SMILES string of the molecule is C/C(=C\c1cccs1)C(=O)NCC(=O)Nc1ccc(F)c(Cl)c1. The molecule has 0 aliphatic rings. The monoisotopic (exact) mass is 352 g/mol. The number of amides is 2. The van der Waals surface area contributed by atoms with Crippen molar-refractivity contribution in [3.63, 3.8) is 0 Å². The quantitative estimate of drug-likeness (QED) is 0.806. The molecule has 7 heteroatoms. The van der Waals surface area contributed by atoms with E-state index in [1.54, 1.807) is 13.0 Å². The largest absolute Gasteiger partial charge is 0.343 e. The van der Waals surface area contributed by atoms with E-state index in [0.29, 0.717) is 11.3 Å². The maximum absolute atomic E-state index is 13.0. The van der Waals surface area contributed by atoms with E-state index < -0.39 is 11.7 Å². The lowest BCUT2D eigenvalue weighted by Crippen LogP contribution is -2.33. The summed E-state index contributed by atoms with van der Waals surface area (Å²) < 4.78 is 13.0. The third-order valence-electron chi connectivity index (χ3n) is 2.87. The zero-order valence-electron chi connectivity index (χ0n) is 12.2. The van der Waals surface area contributed by atoms with Crippen molar-refractivity contribution < 1.29 is 14.0 Å². The Bertz CT molecular complexity index is 745. The van der Waals surface area contributed by atoms with Crippen LogP contribution in [0.25, 0.3) is 6.08 Å². The Balaban J connectivity index is 1.86. The molecule has 0 aliphatic heterocycles. The lowest BCUT2D eigenvalue weighted by atomic mass is 10.2. The molecule has 0 saturated carbocycles. The first-order valence-electron chi connectivity index (χ1n) is 6.70. The Morgan fingerprint density at radius 3 is 2.78 bits per heavy atom. The maximum Gasteiger partial charge on any atom is 0.247 e. The predicted octanol–water partition coefficient (Wildman–Crippen LogP) is 3.70. The Morgan fingerprint density at radius 1 is 1.35 bits per heavy atom. The summed E-state index contributed by atoms with van der Waals surface area (Å²) in [4.78, 5) is 24.6. The number of thiophene rings is 1. The van der Waals surface area contributed by atoms with Crippen molar-refractivity contribution in [2.75, 3.05) is 11.9 Å². The van der Waals surface area contributed by atoms with Gasteiger partial charge in [-0.1, -0.05) is 17.7 Å². The first-order valence-corrected chi connectivity index (χ1v) is 7.96. The van der Waals surface area contributed by atoms with Crippen LogP contribution in [0.3, 0.4) is 0 Å². The molecule has 2 N–H and O–H groups in total. The van der Waals surface area contributed by atoms with Gasteiger partial charge < -0.3 is 10.6 Å². The molecule has 0 radical (unpaired) electrons. The summed E-state index contributed by atoms with van der Waals surface area (Å²) in [6.07, 6.45) is 1.75. The molecule has 4 nitrogen and oxygen atoms in total. The summed E-state index contributed by atoms with van der Waals surface area (Å²) in [6.45, 7) is 1.48. The smallest absolute Gasteiger partial charge is 0.247 e. The first kappa shape index (κ1) is 17.2. The molecule has 0 fully saturated rings. The minimum atomic E-state index is -0.563. The Morgan fingerprint density at radius 2 is 2.13 bits per heavy atom. The molecule has 2 rings (SSSR count). The van der Waals surface area contributed by atoms with Crippen molar-refractivity contribution >= 4 is 46.5 Å². The van der Waals surface area contributed by atoms with Crippen LogP contribution in [0.2, 0.25) is 5.02 Å². The van der Waals surface area contributed by atoms with Crippen molar-refractivity contribution in [2.45, 2.75) is 6.92 Å². The van der Waals surface area contributed by atoms with Crippen LogP contribution in [0.5, 0.6) is 0 Å². The van der Waals surface area contributed by atoms with Crippen LogP contribution >= 0.6 is 22.9 Å². The van der Waals surface area contributed by atoms with Gasteiger partial charge in [0.25, 0.3) is 0 Å². The zero-order valence-corrected chi connectivity index (χ0v) is 13.8. The Kier molecular flexibility index (Phi) is 5.90. The summed E-state index contributed by atoms with van der Waals surface area (Å²) in [6, 6.07) is 7.64. The summed E-state index contributed by atoms with van der Waals surface area (Å²) in [5.41, 5.74) is 0.867. The number of carbonyl (C=O) groups is 2. The van der Waals surface area contributed by atoms with E-state index in [2.05, 4.69) is 10.6 Å². The zero-order chi connectivity index (χ0) is 16.8. The molecule has 23 heavy (non-hydrogen) atoms. The maximum atomic E-state index is 13.0. The predicted molar refractivity (Wildman–Crippen MR) is 91.0 cm³/mol. The lowest BCUT2D eigenvalue weighted by Gasteiger charge is -2.07. The van der Waals surface area contributed by atoms with E-state index in [9.17, 15) is 14.0 Å². The summed E-state index contributed by atoms with van der Waals surface area (Å²) in [5.74, 6) is -1.32. The van der Waals surface area contributed by atoms with E-state index >= 15 is 0 Å². The highest BCUT2D eigenvalue weighted by atomic mass is 35.5. The number of rotatable bonds is 5. The molecular formula is C16H14ClFN2O2S. The normalized spacial score (nSPS) is 11.2. The van der Waals surface area contributed by atoms with Crippen molar-refractivity contribution in [1.29, 1.82) is 0 Å². The topological polar surface area (TPSA) is 58.2 Å². The Hall–Kier alpha value is -2.18. The van der Waals surface area contributed by atoms with Crippen LogP contribution in [0, 0.1) is 5.82 Å². The van der Waals surface area contributed by atoms with Crippen molar-refractivity contribution in [3.05, 3.63) is 57.0 Å². The van der Waals surface area contributed by atoms with Gasteiger partial charge in [-0.2, -0.15) is 0 Å². The van der Waals surface area contributed by atoms with Gasteiger partial charge in [0.2, 0.25) is 11.8 Å². The second kappa shape index (κ2) is 7.89. The second-order valence-electron chi connectivity index (χ2n) is 4.70. The molecule has 1 heterocycles. The van der Waals surface area contributed by atoms with Gasteiger partial charge in [-0.05, 0) is 42.6 Å². The Labute approximate surface area is 142 Å². The summed E-state index contributed by atoms with van der Waals surface area (Å²) in [7, 11) is 0. The molecule has 0 spiro atoms. The van der Waals surface area contributed by atoms with Crippen LogP contribution in [-0.4, -0.2) is 18.4 Å². The van der Waals surface area contributed by atoms with E-state index in [1.807, 2.05) is 17.5 Å². The molecule has 0 atom stereocenters. The molecule has 120 valence electrons. The van der Waals surface area contributed by atoms with Crippen molar-refractivity contribution in [1.82, 2.24) is 5.32 Å². The molecule has 0 saturated heterocycles. The van der Waals surface area contributed by atoms with Gasteiger partial charge in [0.05, 0.1) is 11.6 Å². The van der Waals surface area contributed by atoms with Crippen LogP contribution < -0.4 is 10.6 Å². The second-order valence-corrected chi connectivity index (χ2v) is 6.09. The average molecular weight is 353 g/mol. The van der Waals surface area contributed by atoms with Gasteiger partial charge in [-0.3, -0.25) is 9.59 Å². The highest BCUT2D eigenvalue weighted by Gasteiger charge is 2.09. The first-order chi connectivity index (χ1) is 11.0. The third-order valence-corrected chi connectivity index (χ3v) is 3.98. The van der Waals surface area contributed by atoms with Crippen LogP contribution in [0.15, 0.2) is 41.3 Å². The number of hydrogen-bond donors (Lipinski definition) is 2. The van der Waals surface area contributed by atoms with E-state index in [4.69, 9.17) is 11.6 Å². The molecule has 0 bridgehead atoms. The van der Waals surface area contributed by atoms with Gasteiger partial charge in [0.1, 0.15) is 5.82 Å². The van der Waals surface area contributed by atoms with Crippen LogP contribution in [-0.2, 0) is 9.59 Å². The molecule has 0 unspecified atom stereocenters.